The fourth-order valence-corrected chi connectivity index (χ4v) is 6.90. The van der Waals surface area contributed by atoms with Gasteiger partial charge in [0.2, 0.25) is 5.91 Å². The maximum Gasteiger partial charge on any atom is 0.305 e. The second-order valence-electron chi connectivity index (χ2n) is 15.7. The van der Waals surface area contributed by atoms with Gasteiger partial charge in [-0.15, -0.1) is 0 Å². The van der Waals surface area contributed by atoms with Crippen molar-refractivity contribution in [1.82, 2.24) is 5.32 Å². The maximum absolute atomic E-state index is 12.4. The molecule has 6 nitrogen and oxygen atoms in total. The van der Waals surface area contributed by atoms with Crippen molar-refractivity contribution in [3.63, 3.8) is 0 Å². The van der Waals surface area contributed by atoms with E-state index in [0.717, 1.165) is 70.6 Å². The lowest BCUT2D eigenvalue weighted by atomic mass is 10.0. The van der Waals surface area contributed by atoms with Crippen LogP contribution in [0.25, 0.3) is 0 Å². The average molecular weight is 748 g/mol. The molecule has 0 bridgehead atoms. The largest absolute Gasteiger partial charge is 0.466 e. The Labute approximate surface area is 329 Å². The molecule has 53 heavy (non-hydrogen) atoms. The zero-order chi connectivity index (χ0) is 38.7. The Balaban J connectivity index is 3.46. The molecule has 312 valence electrons. The van der Waals surface area contributed by atoms with E-state index in [0.29, 0.717) is 25.9 Å². The Kier molecular flexibility index (Phi) is 41.7. The molecule has 0 fully saturated rings. The Morgan fingerprint density at radius 2 is 0.943 bits per heavy atom. The summed E-state index contributed by atoms with van der Waals surface area (Å²) in [6, 6.07) is -0.551. The number of allylic oxidation sites excluding steroid dienone is 4. The van der Waals surface area contributed by atoms with Crippen molar-refractivity contribution in [2.45, 2.75) is 251 Å². The van der Waals surface area contributed by atoms with Crippen LogP contribution in [0.2, 0.25) is 0 Å². The summed E-state index contributed by atoms with van der Waals surface area (Å²) in [4.78, 5) is 24.4. The summed E-state index contributed by atoms with van der Waals surface area (Å²) in [7, 11) is 0. The number of rotatable bonds is 42. The van der Waals surface area contributed by atoms with E-state index in [9.17, 15) is 19.8 Å². The fraction of sp³-hybridized carbons (Fsp3) is 0.872. The van der Waals surface area contributed by atoms with Gasteiger partial charge in [0.15, 0.2) is 0 Å². The van der Waals surface area contributed by atoms with Crippen molar-refractivity contribution in [2.24, 2.45) is 0 Å². The van der Waals surface area contributed by atoms with Crippen molar-refractivity contribution in [3.8, 4) is 0 Å². The van der Waals surface area contributed by atoms with Crippen LogP contribution in [0.4, 0.5) is 0 Å². The van der Waals surface area contributed by atoms with Crippen LogP contribution in [0, 0.1) is 0 Å². The Bertz CT molecular complexity index is 828. The van der Waals surface area contributed by atoms with Gasteiger partial charge in [-0.05, 0) is 57.8 Å². The summed E-state index contributed by atoms with van der Waals surface area (Å²) in [5.74, 6) is -0.0790. The summed E-state index contributed by atoms with van der Waals surface area (Å²) in [5, 5.41) is 23.0. The molecule has 0 saturated heterocycles. The van der Waals surface area contributed by atoms with Crippen molar-refractivity contribution in [2.75, 3.05) is 13.2 Å². The van der Waals surface area contributed by atoms with Gasteiger partial charge in [-0.2, -0.15) is 0 Å². The molecule has 2 atom stereocenters. The Morgan fingerprint density at radius 1 is 0.528 bits per heavy atom. The molecule has 0 aliphatic rings. The molecule has 0 rings (SSSR count). The Morgan fingerprint density at radius 3 is 1.47 bits per heavy atom. The highest BCUT2D eigenvalue weighted by molar-refractivity contribution is 5.76. The summed E-state index contributed by atoms with van der Waals surface area (Å²) in [5.41, 5.74) is 0. The molecule has 0 aliphatic carbocycles. The van der Waals surface area contributed by atoms with Gasteiger partial charge in [0.25, 0.3) is 0 Å². The van der Waals surface area contributed by atoms with Crippen molar-refractivity contribution < 1.29 is 24.5 Å². The number of esters is 1. The number of carbonyl (C=O) groups is 2. The van der Waals surface area contributed by atoms with Gasteiger partial charge >= 0.3 is 5.97 Å². The van der Waals surface area contributed by atoms with Crippen molar-refractivity contribution in [1.29, 1.82) is 0 Å². The molecule has 0 aromatic rings. The van der Waals surface area contributed by atoms with E-state index in [4.69, 9.17) is 4.74 Å². The van der Waals surface area contributed by atoms with Gasteiger partial charge in [0, 0.05) is 12.8 Å². The van der Waals surface area contributed by atoms with Gasteiger partial charge in [-0.25, -0.2) is 0 Å². The molecule has 0 aliphatic heterocycles. The predicted molar refractivity (Wildman–Crippen MR) is 227 cm³/mol. The second-order valence-corrected chi connectivity index (χ2v) is 15.7. The SMILES string of the molecule is CCCCC/C=C\C/C=C\CCCCCCCC(=O)OCCCCCCCCCCCCCCC(=O)NC(CO)C(O)CCCCCCCCCCC. The van der Waals surface area contributed by atoms with E-state index >= 15 is 0 Å². The van der Waals surface area contributed by atoms with Crippen LogP contribution in [-0.2, 0) is 14.3 Å². The number of aliphatic hydroxyl groups is 2. The zero-order valence-corrected chi connectivity index (χ0v) is 35.2. The number of hydrogen-bond donors (Lipinski definition) is 3. The third kappa shape index (κ3) is 39.8. The number of amides is 1. The first-order valence-electron chi connectivity index (χ1n) is 23.1. The molecule has 3 N–H and O–H groups in total. The maximum atomic E-state index is 12.4. The highest BCUT2D eigenvalue weighted by Crippen LogP contribution is 2.15. The van der Waals surface area contributed by atoms with Crippen LogP contribution in [-0.4, -0.2) is 47.4 Å². The van der Waals surface area contributed by atoms with Gasteiger partial charge in [0.05, 0.1) is 25.4 Å². The minimum absolute atomic E-state index is 0.0241. The minimum atomic E-state index is -0.672. The molecule has 0 aromatic heterocycles. The molecule has 0 aromatic carbocycles. The average Bonchev–Trinajstić information content (AvgIpc) is 3.16. The molecule has 2 unspecified atom stereocenters. The quantitative estimate of drug-likeness (QED) is 0.0328. The topological polar surface area (TPSA) is 95.9 Å². The summed E-state index contributed by atoms with van der Waals surface area (Å²) < 4.78 is 5.44. The lowest BCUT2D eigenvalue weighted by Crippen LogP contribution is -2.45. The first-order chi connectivity index (χ1) is 26.0. The van der Waals surface area contributed by atoms with E-state index in [2.05, 4.69) is 43.5 Å². The van der Waals surface area contributed by atoms with Crippen molar-refractivity contribution in [3.05, 3.63) is 24.3 Å². The highest BCUT2D eigenvalue weighted by Gasteiger charge is 2.20. The molecule has 0 radical (unpaired) electrons. The fourth-order valence-electron chi connectivity index (χ4n) is 6.90. The van der Waals surface area contributed by atoms with E-state index < -0.39 is 12.1 Å². The van der Waals surface area contributed by atoms with Crippen LogP contribution >= 0.6 is 0 Å². The van der Waals surface area contributed by atoms with E-state index in [1.807, 2.05) is 0 Å². The minimum Gasteiger partial charge on any atom is -0.466 e. The second kappa shape index (κ2) is 43.1. The Hall–Kier alpha value is -1.66. The van der Waals surface area contributed by atoms with Gasteiger partial charge < -0.3 is 20.3 Å². The molecule has 0 heterocycles. The summed E-state index contributed by atoms with van der Waals surface area (Å²) >= 11 is 0. The summed E-state index contributed by atoms with van der Waals surface area (Å²) in [6.45, 7) is 4.85. The number of aliphatic hydroxyl groups excluding tert-OH is 2. The molecule has 6 heteroatoms. The van der Waals surface area contributed by atoms with Gasteiger partial charge in [-0.3, -0.25) is 9.59 Å². The van der Waals surface area contributed by atoms with Gasteiger partial charge in [-0.1, -0.05) is 192 Å². The van der Waals surface area contributed by atoms with E-state index in [-0.39, 0.29) is 18.5 Å². The van der Waals surface area contributed by atoms with Crippen LogP contribution in [0.3, 0.4) is 0 Å². The number of ether oxygens (including phenoxy) is 1. The molecule has 1 amide bonds. The highest BCUT2D eigenvalue weighted by atomic mass is 16.5. The molecule has 0 saturated carbocycles. The standard InChI is InChI=1S/C47H89NO5/c1-3-5-7-9-11-13-14-15-16-17-21-25-29-33-37-41-47(52)53-42-38-34-30-26-22-19-18-20-24-28-32-36-40-46(51)48-44(43-49)45(50)39-35-31-27-23-12-10-8-6-4-2/h11,13,15-16,44-45,49-50H,3-10,12,14,17-43H2,1-2H3,(H,48,51)/b13-11-,16-15-. The molecular weight excluding hydrogens is 659 g/mol. The zero-order valence-electron chi connectivity index (χ0n) is 35.2. The number of nitrogens with one attached hydrogen (secondary N) is 1. The number of carbonyl (C=O) groups excluding carboxylic acids is 2. The molecular formula is C47H89NO5. The number of unbranched alkanes of at least 4 members (excludes halogenated alkanes) is 27. The van der Waals surface area contributed by atoms with Crippen LogP contribution in [0.1, 0.15) is 239 Å². The van der Waals surface area contributed by atoms with Crippen molar-refractivity contribution >= 4 is 11.9 Å². The lowest BCUT2D eigenvalue weighted by molar-refractivity contribution is -0.143. The predicted octanol–water partition coefficient (Wildman–Crippen LogP) is 13.2. The van der Waals surface area contributed by atoms with E-state index in [1.165, 1.54) is 135 Å². The summed E-state index contributed by atoms with van der Waals surface area (Å²) in [6.07, 6.45) is 48.5. The van der Waals surface area contributed by atoms with Crippen LogP contribution < -0.4 is 5.32 Å². The van der Waals surface area contributed by atoms with Crippen LogP contribution in [0.5, 0.6) is 0 Å². The monoisotopic (exact) mass is 748 g/mol. The third-order valence-electron chi connectivity index (χ3n) is 10.5. The lowest BCUT2D eigenvalue weighted by Gasteiger charge is -2.22. The number of hydrogen-bond acceptors (Lipinski definition) is 5. The van der Waals surface area contributed by atoms with E-state index in [1.54, 1.807) is 0 Å². The normalized spacial score (nSPS) is 12.9. The first kappa shape index (κ1) is 51.3. The van der Waals surface area contributed by atoms with Crippen LogP contribution in [0.15, 0.2) is 24.3 Å². The van der Waals surface area contributed by atoms with Gasteiger partial charge in [0.1, 0.15) is 0 Å². The third-order valence-corrected chi connectivity index (χ3v) is 10.5. The molecule has 0 spiro atoms. The smallest absolute Gasteiger partial charge is 0.305 e. The first-order valence-corrected chi connectivity index (χ1v) is 23.1.